The molecule has 0 spiro atoms. The Balaban J connectivity index is 2.28. The van der Waals surface area contributed by atoms with Gasteiger partial charge in [-0.2, -0.15) is 0 Å². The maximum atomic E-state index is 10.8. The smallest absolute Gasteiger partial charge is 0.328 e. The summed E-state index contributed by atoms with van der Waals surface area (Å²) in [6.07, 6.45) is 4.56. The van der Waals surface area contributed by atoms with Crippen LogP contribution in [0.2, 0.25) is 0 Å². The molecule has 0 saturated heterocycles. The SMILES string of the molecule is O=C(O)/C=C\c1c(-c2ccccc2)nc2ccc(Br)cn12. The first-order valence-corrected chi connectivity index (χ1v) is 7.08. The second kappa shape index (κ2) is 5.54. The lowest BCUT2D eigenvalue weighted by molar-refractivity contribution is -0.131. The van der Waals surface area contributed by atoms with Gasteiger partial charge in [0.15, 0.2) is 0 Å². The van der Waals surface area contributed by atoms with E-state index in [-0.39, 0.29) is 0 Å². The summed E-state index contributed by atoms with van der Waals surface area (Å²) in [4.78, 5) is 15.4. The first kappa shape index (κ1) is 13.6. The molecule has 0 radical (unpaired) electrons. The number of nitrogens with zero attached hydrogens (tertiary/aromatic N) is 2. The molecule has 2 aromatic heterocycles. The molecule has 104 valence electrons. The zero-order valence-corrected chi connectivity index (χ0v) is 12.5. The van der Waals surface area contributed by atoms with Gasteiger partial charge in [-0.25, -0.2) is 9.78 Å². The van der Waals surface area contributed by atoms with Crippen molar-refractivity contribution in [2.24, 2.45) is 0 Å². The Morgan fingerprint density at radius 1 is 1.19 bits per heavy atom. The summed E-state index contributed by atoms with van der Waals surface area (Å²) < 4.78 is 2.77. The number of carbonyl (C=O) groups is 1. The predicted octanol–water partition coefficient (Wildman–Crippen LogP) is 3.86. The highest BCUT2D eigenvalue weighted by Crippen LogP contribution is 2.26. The fraction of sp³-hybridized carbons (Fsp3) is 0. The topological polar surface area (TPSA) is 54.6 Å². The Morgan fingerprint density at radius 3 is 2.67 bits per heavy atom. The van der Waals surface area contributed by atoms with Crippen molar-refractivity contribution in [1.29, 1.82) is 0 Å². The molecule has 0 aliphatic carbocycles. The van der Waals surface area contributed by atoms with Gasteiger partial charge < -0.3 is 5.11 Å². The van der Waals surface area contributed by atoms with E-state index in [0.717, 1.165) is 33.1 Å². The predicted molar refractivity (Wildman–Crippen MR) is 85.0 cm³/mol. The van der Waals surface area contributed by atoms with Gasteiger partial charge in [0.25, 0.3) is 0 Å². The average molecular weight is 343 g/mol. The summed E-state index contributed by atoms with van der Waals surface area (Å²) in [6, 6.07) is 13.5. The van der Waals surface area contributed by atoms with Gasteiger partial charge in [-0.05, 0) is 34.1 Å². The van der Waals surface area contributed by atoms with Crippen molar-refractivity contribution in [3.8, 4) is 11.3 Å². The van der Waals surface area contributed by atoms with Crippen molar-refractivity contribution >= 4 is 33.6 Å². The van der Waals surface area contributed by atoms with Crippen LogP contribution in [0.25, 0.3) is 23.0 Å². The lowest BCUT2D eigenvalue weighted by Gasteiger charge is -2.00. The van der Waals surface area contributed by atoms with E-state index >= 15 is 0 Å². The molecular formula is C16H11BrN2O2. The van der Waals surface area contributed by atoms with Crippen LogP contribution in [0.3, 0.4) is 0 Å². The molecule has 3 aromatic rings. The van der Waals surface area contributed by atoms with E-state index in [1.165, 1.54) is 0 Å². The normalized spacial score (nSPS) is 11.3. The van der Waals surface area contributed by atoms with Crippen LogP contribution in [0.5, 0.6) is 0 Å². The second-order valence-corrected chi connectivity index (χ2v) is 5.37. The summed E-state index contributed by atoms with van der Waals surface area (Å²) in [5, 5.41) is 8.87. The van der Waals surface area contributed by atoms with Crippen LogP contribution in [0, 0.1) is 0 Å². The van der Waals surface area contributed by atoms with E-state index in [1.54, 1.807) is 6.08 Å². The molecule has 0 amide bonds. The van der Waals surface area contributed by atoms with E-state index in [1.807, 2.05) is 53.1 Å². The Labute approximate surface area is 129 Å². The van der Waals surface area contributed by atoms with Crippen LogP contribution >= 0.6 is 15.9 Å². The number of hydrogen-bond acceptors (Lipinski definition) is 2. The Morgan fingerprint density at radius 2 is 1.95 bits per heavy atom. The molecule has 0 aliphatic heterocycles. The number of fused-ring (bicyclic) bond motifs is 1. The van der Waals surface area contributed by atoms with E-state index < -0.39 is 5.97 Å². The zero-order chi connectivity index (χ0) is 14.8. The van der Waals surface area contributed by atoms with Gasteiger partial charge in [-0.1, -0.05) is 30.3 Å². The second-order valence-electron chi connectivity index (χ2n) is 4.46. The Kier molecular flexibility index (Phi) is 3.58. The van der Waals surface area contributed by atoms with Crippen LogP contribution in [0.1, 0.15) is 5.69 Å². The van der Waals surface area contributed by atoms with E-state index in [2.05, 4.69) is 20.9 Å². The lowest BCUT2D eigenvalue weighted by atomic mass is 10.1. The summed E-state index contributed by atoms with van der Waals surface area (Å²) in [5.41, 5.74) is 3.20. The van der Waals surface area contributed by atoms with Gasteiger partial charge in [0.1, 0.15) is 5.65 Å². The first-order valence-electron chi connectivity index (χ1n) is 6.29. The number of aliphatic carboxylic acids is 1. The number of hydrogen-bond donors (Lipinski definition) is 1. The summed E-state index contributed by atoms with van der Waals surface area (Å²) in [5.74, 6) is -0.987. The quantitative estimate of drug-likeness (QED) is 0.735. The molecule has 3 rings (SSSR count). The average Bonchev–Trinajstić information content (AvgIpc) is 2.84. The highest BCUT2D eigenvalue weighted by Gasteiger charge is 2.12. The number of carboxylic acid groups (broad SMARTS) is 1. The highest BCUT2D eigenvalue weighted by atomic mass is 79.9. The van der Waals surface area contributed by atoms with E-state index in [0.29, 0.717) is 0 Å². The van der Waals surface area contributed by atoms with Crippen LogP contribution in [-0.4, -0.2) is 20.5 Å². The number of imidazole rings is 1. The van der Waals surface area contributed by atoms with Crippen LogP contribution in [-0.2, 0) is 4.79 Å². The van der Waals surface area contributed by atoms with Crippen molar-refractivity contribution in [2.75, 3.05) is 0 Å². The van der Waals surface area contributed by atoms with Gasteiger partial charge in [-0.3, -0.25) is 4.40 Å². The number of rotatable bonds is 3. The van der Waals surface area contributed by atoms with Crippen LogP contribution < -0.4 is 0 Å². The Hall–Kier alpha value is -2.40. The third-order valence-corrected chi connectivity index (χ3v) is 3.52. The number of carboxylic acids is 1. The van der Waals surface area contributed by atoms with E-state index in [9.17, 15) is 4.79 Å². The summed E-state index contributed by atoms with van der Waals surface area (Å²) in [7, 11) is 0. The molecule has 0 bridgehead atoms. The fourth-order valence-corrected chi connectivity index (χ4v) is 2.49. The maximum Gasteiger partial charge on any atom is 0.328 e. The minimum absolute atomic E-state index is 0.736. The fourth-order valence-electron chi connectivity index (χ4n) is 2.15. The molecule has 2 heterocycles. The monoisotopic (exact) mass is 342 g/mol. The standard InChI is InChI=1S/C16H11BrN2O2/c17-12-6-8-14-18-16(11-4-2-1-3-5-11)13(19(14)10-12)7-9-15(20)21/h1-10H,(H,20,21)/b9-7-. The number of benzene rings is 1. The largest absolute Gasteiger partial charge is 0.478 e. The van der Waals surface area contributed by atoms with Crippen LogP contribution in [0.4, 0.5) is 0 Å². The third-order valence-electron chi connectivity index (χ3n) is 3.05. The van der Waals surface area contributed by atoms with Crippen LogP contribution in [0.15, 0.2) is 59.2 Å². The first-order chi connectivity index (χ1) is 10.1. The Bertz CT molecular complexity index is 838. The summed E-state index contributed by atoms with van der Waals surface area (Å²) in [6.45, 7) is 0. The molecule has 1 aromatic carbocycles. The minimum atomic E-state index is -0.987. The molecule has 0 aliphatic rings. The van der Waals surface area contributed by atoms with Gasteiger partial charge in [-0.15, -0.1) is 0 Å². The lowest BCUT2D eigenvalue weighted by Crippen LogP contribution is -1.91. The van der Waals surface area contributed by atoms with Crippen molar-refractivity contribution < 1.29 is 9.90 Å². The molecule has 21 heavy (non-hydrogen) atoms. The maximum absolute atomic E-state index is 10.8. The van der Waals surface area contributed by atoms with E-state index in [4.69, 9.17) is 5.11 Å². The van der Waals surface area contributed by atoms with Gasteiger partial charge in [0, 0.05) is 22.3 Å². The zero-order valence-electron chi connectivity index (χ0n) is 10.9. The van der Waals surface area contributed by atoms with Crippen molar-refractivity contribution in [2.45, 2.75) is 0 Å². The molecule has 0 fully saturated rings. The molecule has 0 atom stereocenters. The van der Waals surface area contributed by atoms with Gasteiger partial charge in [0.05, 0.1) is 11.4 Å². The number of pyridine rings is 1. The van der Waals surface area contributed by atoms with Crippen molar-refractivity contribution in [3.63, 3.8) is 0 Å². The molecular weight excluding hydrogens is 332 g/mol. The van der Waals surface area contributed by atoms with Crippen molar-refractivity contribution in [3.05, 3.63) is 64.9 Å². The molecule has 1 N–H and O–H groups in total. The van der Waals surface area contributed by atoms with Gasteiger partial charge >= 0.3 is 5.97 Å². The number of aromatic nitrogens is 2. The molecule has 4 nitrogen and oxygen atoms in total. The molecule has 0 saturated carbocycles. The number of halogens is 1. The summed E-state index contributed by atoms with van der Waals surface area (Å²) >= 11 is 3.42. The molecule has 5 heteroatoms. The molecule has 0 unspecified atom stereocenters. The van der Waals surface area contributed by atoms with Gasteiger partial charge in [0.2, 0.25) is 0 Å². The highest BCUT2D eigenvalue weighted by molar-refractivity contribution is 9.10. The minimum Gasteiger partial charge on any atom is -0.478 e. The third kappa shape index (κ3) is 2.73. The van der Waals surface area contributed by atoms with Crippen molar-refractivity contribution in [1.82, 2.24) is 9.38 Å².